The molecule has 1 aromatic heterocycles. The number of hydrogen-bond donors (Lipinski definition) is 0. The van der Waals surface area contributed by atoms with E-state index in [1.54, 1.807) is 4.90 Å². The molecule has 0 bridgehead atoms. The van der Waals surface area contributed by atoms with Gasteiger partial charge in [-0.2, -0.15) is 0 Å². The summed E-state index contributed by atoms with van der Waals surface area (Å²) in [4.78, 5) is 14.0. The lowest BCUT2D eigenvalue weighted by Gasteiger charge is -2.19. The molecule has 1 rings (SSSR count). The van der Waals surface area contributed by atoms with Gasteiger partial charge in [-0.1, -0.05) is 32.9 Å². The van der Waals surface area contributed by atoms with Crippen molar-refractivity contribution in [2.75, 3.05) is 13.6 Å². The van der Waals surface area contributed by atoms with E-state index in [1.807, 2.05) is 27.8 Å². The van der Waals surface area contributed by atoms with Crippen LogP contribution in [0.5, 0.6) is 0 Å². The Hall–Kier alpha value is -1.32. The molecule has 0 aliphatic carbocycles. The Bertz CT molecular complexity index is 394. The maximum atomic E-state index is 12.3. The van der Waals surface area contributed by atoms with Gasteiger partial charge in [0.2, 0.25) is 0 Å². The Morgan fingerprint density at radius 3 is 2.41 bits per heavy atom. The molecular weight excluding hydrogens is 216 g/mol. The molecule has 0 atom stereocenters. The first-order valence-corrected chi connectivity index (χ1v) is 6.06. The zero-order chi connectivity index (χ0) is 13.2. The number of carbonyl (C=O) groups is 1. The third-order valence-electron chi connectivity index (χ3n) is 2.61. The molecule has 4 nitrogen and oxygen atoms in total. The summed E-state index contributed by atoms with van der Waals surface area (Å²) in [5.41, 5.74) is 1.30. The van der Waals surface area contributed by atoms with Crippen LogP contribution in [-0.4, -0.2) is 29.6 Å². The minimum atomic E-state index is 0.00106. The number of amides is 1. The van der Waals surface area contributed by atoms with E-state index in [9.17, 15) is 4.79 Å². The van der Waals surface area contributed by atoms with E-state index in [2.05, 4.69) is 19.0 Å². The lowest BCUT2D eigenvalue weighted by atomic mass is 10.0. The fraction of sp³-hybridized carbons (Fsp3) is 0.692. The third kappa shape index (κ3) is 3.08. The van der Waals surface area contributed by atoms with Gasteiger partial charge in [0.25, 0.3) is 5.91 Å². The lowest BCUT2D eigenvalue weighted by molar-refractivity contribution is 0.0775. The van der Waals surface area contributed by atoms with Gasteiger partial charge in [-0.25, -0.2) is 0 Å². The van der Waals surface area contributed by atoms with Crippen molar-refractivity contribution in [3.8, 4) is 0 Å². The van der Waals surface area contributed by atoms with Gasteiger partial charge in [0.05, 0.1) is 5.69 Å². The summed E-state index contributed by atoms with van der Waals surface area (Å²) in [6, 6.07) is 0. The summed E-state index contributed by atoms with van der Waals surface area (Å²) in [6.45, 7) is 10.7. The van der Waals surface area contributed by atoms with Crippen LogP contribution in [0, 0.1) is 12.8 Å². The highest BCUT2D eigenvalue weighted by molar-refractivity contribution is 5.96. The van der Waals surface area contributed by atoms with E-state index in [1.165, 1.54) is 0 Å². The Balaban J connectivity index is 2.99. The molecule has 1 aromatic rings. The van der Waals surface area contributed by atoms with Crippen molar-refractivity contribution in [2.24, 2.45) is 5.92 Å². The minimum absolute atomic E-state index is 0.00106. The van der Waals surface area contributed by atoms with Gasteiger partial charge in [0.1, 0.15) is 5.56 Å². The molecule has 1 heterocycles. The summed E-state index contributed by atoms with van der Waals surface area (Å²) in [6.07, 6.45) is 0. The Labute approximate surface area is 103 Å². The highest BCUT2D eigenvalue weighted by Crippen LogP contribution is 2.23. The van der Waals surface area contributed by atoms with Crippen LogP contribution in [0.4, 0.5) is 0 Å². The summed E-state index contributed by atoms with van der Waals surface area (Å²) in [5, 5.41) is 3.90. The average molecular weight is 238 g/mol. The van der Waals surface area contributed by atoms with Crippen LogP contribution in [0.3, 0.4) is 0 Å². The predicted molar refractivity (Wildman–Crippen MR) is 67.1 cm³/mol. The van der Waals surface area contributed by atoms with Crippen LogP contribution in [0.15, 0.2) is 4.52 Å². The van der Waals surface area contributed by atoms with E-state index >= 15 is 0 Å². The zero-order valence-electron chi connectivity index (χ0n) is 11.6. The molecular formula is C13H22N2O2. The molecule has 0 fully saturated rings. The Kier molecular flexibility index (Phi) is 4.32. The van der Waals surface area contributed by atoms with Crippen LogP contribution in [0.2, 0.25) is 0 Å². The van der Waals surface area contributed by atoms with Gasteiger partial charge in [-0.15, -0.1) is 0 Å². The summed E-state index contributed by atoms with van der Waals surface area (Å²) >= 11 is 0. The van der Waals surface area contributed by atoms with Crippen LogP contribution >= 0.6 is 0 Å². The van der Waals surface area contributed by atoms with Crippen molar-refractivity contribution < 1.29 is 9.32 Å². The number of hydrogen-bond acceptors (Lipinski definition) is 3. The van der Waals surface area contributed by atoms with Crippen molar-refractivity contribution in [3.05, 3.63) is 17.0 Å². The maximum Gasteiger partial charge on any atom is 0.259 e. The summed E-state index contributed by atoms with van der Waals surface area (Å²) < 4.78 is 5.24. The monoisotopic (exact) mass is 238 g/mol. The molecule has 0 unspecified atom stereocenters. The smallest absolute Gasteiger partial charge is 0.259 e. The molecule has 4 heteroatoms. The fourth-order valence-electron chi connectivity index (χ4n) is 1.86. The van der Waals surface area contributed by atoms with Crippen LogP contribution < -0.4 is 0 Å². The Morgan fingerprint density at radius 2 is 1.94 bits per heavy atom. The number of aryl methyl sites for hydroxylation is 1. The molecule has 0 aliphatic heterocycles. The molecule has 0 N–H and O–H groups in total. The van der Waals surface area contributed by atoms with Crippen molar-refractivity contribution >= 4 is 5.91 Å². The van der Waals surface area contributed by atoms with E-state index in [-0.39, 0.29) is 11.8 Å². The standard InChI is InChI=1S/C13H22N2O2/c1-8(2)7-15(6)13(16)11-10(5)14-17-12(11)9(3)4/h8-9H,7H2,1-6H3. The zero-order valence-corrected chi connectivity index (χ0v) is 11.6. The highest BCUT2D eigenvalue weighted by Gasteiger charge is 2.25. The van der Waals surface area contributed by atoms with Crippen LogP contribution in [-0.2, 0) is 0 Å². The van der Waals surface area contributed by atoms with Crippen LogP contribution in [0.1, 0.15) is 55.4 Å². The number of nitrogens with zero attached hydrogens (tertiary/aromatic N) is 2. The molecule has 0 saturated heterocycles. The first-order chi connectivity index (χ1) is 7.84. The van der Waals surface area contributed by atoms with Gasteiger partial charge < -0.3 is 9.42 Å². The van der Waals surface area contributed by atoms with Crippen molar-refractivity contribution in [1.29, 1.82) is 0 Å². The largest absolute Gasteiger partial charge is 0.360 e. The second kappa shape index (κ2) is 5.34. The van der Waals surface area contributed by atoms with Gasteiger partial charge in [0, 0.05) is 19.5 Å². The third-order valence-corrected chi connectivity index (χ3v) is 2.61. The second-order valence-electron chi connectivity index (χ2n) is 5.24. The van der Waals surface area contributed by atoms with E-state index in [0.717, 1.165) is 6.54 Å². The van der Waals surface area contributed by atoms with Gasteiger partial charge in [-0.05, 0) is 12.8 Å². The topological polar surface area (TPSA) is 46.3 Å². The molecule has 0 saturated carbocycles. The van der Waals surface area contributed by atoms with E-state index in [4.69, 9.17) is 4.52 Å². The highest BCUT2D eigenvalue weighted by atomic mass is 16.5. The number of aromatic nitrogens is 1. The number of carbonyl (C=O) groups excluding carboxylic acids is 1. The second-order valence-corrected chi connectivity index (χ2v) is 5.24. The van der Waals surface area contributed by atoms with E-state index < -0.39 is 0 Å². The first-order valence-electron chi connectivity index (χ1n) is 6.06. The first kappa shape index (κ1) is 13.7. The molecule has 17 heavy (non-hydrogen) atoms. The predicted octanol–water partition coefficient (Wildman–Crippen LogP) is 2.83. The maximum absolute atomic E-state index is 12.3. The van der Waals surface area contributed by atoms with Crippen molar-refractivity contribution in [3.63, 3.8) is 0 Å². The van der Waals surface area contributed by atoms with Gasteiger partial charge in [0.15, 0.2) is 5.76 Å². The average Bonchev–Trinajstić information content (AvgIpc) is 2.58. The molecule has 0 spiro atoms. The number of rotatable bonds is 4. The van der Waals surface area contributed by atoms with Crippen LogP contribution in [0.25, 0.3) is 0 Å². The molecule has 0 radical (unpaired) electrons. The fourth-order valence-corrected chi connectivity index (χ4v) is 1.86. The quantitative estimate of drug-likeness (QED) is 0.810. The summed E-state index contributed by atoms with van der Waals surface area (Å²) in [7, 11) is 1.82. The molecule has 0 aromatic carbocycles. The van der Waals surface area contributed by atoms with Gasteiger partial charge >= 0.3 is 0 Å². The lowest BCUT2D eigenvalue weighted by Crippen LogP contribution is -2.31. The van der Waals surface area contributed by atoms with Crippen molar-refractivity contribution in [1.82, 2.24) is 10.1 Å². The Morgan fingerprint density at radius 1 is 1.35 bits per heavy atom. The van der Waals surface area contributed by atoms with E-state index in [0.29, 0.717) is 22.9 Å². The van der Waals surface area contributed by atoms with Gasteiger partial charge in [-0.3, -0.25) is 4.79 Å². The van der Waals surface area contributed by atoms with Crippen molar-refractivity contribution in [2.45, 2.75) is 40.5 Å². The minimum Gasteiger partial charge on any atom is -0.360 e. The normalized spacial score (nSPS) is 11.3. The molecule has 96 valence electrons. The molecule has 0 aliphatic rings. The molecule has 1 amide bonds. The SMILES string of the molecule is Cc1noc(C(C)C)c1C(=O)N(C)CC(C)C. The summed E-state index contributed by atoms with van der Waals surface area (Å²) in [5.74, 6) is 1.30.